The van der Waals surface area contributed by atoms with Gasteiger partial charge in [0.2, 0.25) is 0 Å². The van der Waals surface area contributed by atoms with Crippen molar-refractivity contribution < 1.29 is 23.9 Å². The quantitative estimate of drug-likeness (QED) is 0.725. The number of aryl methyl sites for hydroxylation is 2. The second-order valence-corrected chi connectivity index (χ2v) is 6.19. The lowest BCUT2D eigenvalue weighted by Crippen LogP contribution is -2.25. The summed E-state index contributed by atoms with van der Waals surface area (Å²) in [5, 5.41) is 2.49. The molecule has 0 radical (unpaired) electrons. The first-order valence-electron chi connectivity index (χ1n) is 8.62. The van der Waals surface area contributed by atoms with Crippen LogP contribution in [0.15, 0.2) is 42.5 Å². The van der Waals surface area contributed by atoms with Gasteiger partial charge in [0.15, 0.2) is 13.2 Å². The van der Waals surface area contributed by atoms with Gasteiger partial charge in [0.05, 0.1) is 11.3 Å². The van der Waals surface area contributed by atoms with E-state index in [2.05, 4.69) is 5.32 Å². The molecule has 0 saturated carbocycles. The van der Waals surface area contributed by atoms with E-state index < -0.39 is 24.4 Å². The number of primary amides is 1. The van der Waals surface area contributed by atoms with Crippen molar-refractivity contribution >= 4 is 23.5 Å². The Morgan fingerprint density at radius 2 is 1.78 bits per heavy atom. The van der Waals surface area contributed by atoms with Crippen LogP contribution in [0.2, 0.25) is 0 Å². The smallest absolute Gasteiger partial charge is 0.344 e. The lowest BCUT2D eigenvalue weighted by Gasteiger charge is -2.10. The highest BCUT2D eigenvalue weighted by Gasteiger charge is 2.14. The van der Waals surface area contributed by atoms with Crippen LogP contribution >= 0.6 is 0 Å². The monoisotopic (exact) mass is 368 g/mol. The molecule has 140 valence electrons. The maximum absolute atomic E-state index is 11.9. The van der Waals surface area contributed by atoms with E-state index in [1.165, 1.54) is 23.3 Å². The minimum atomic E-state index is -0.661. The predicted molar refractivity (Wildman–Crippen MR) is 98.5 cm³/mol. The van der Waals surface area contributed by atoms with Gasteiger partial charge in [-0.2, -0.15) is 0 Å². The Kier molecular flexibility index (Phi) is 5.71. The van der Waals surface area contributed by atoms with E-state index in [0.717, 1.165) is 19.3 Å². The highest BCUT2D eigenvalue weighted by Crippen LogP contribution is 2.25. The molecule has 3 rings (SSSR count). The van der Waals surface area contributed by atoms with Crippen molar-refractivity contribution in [1.82, 2.24) is 0 Å². The lowest BCUT2D eigenvalue weighted by molar-refractivity contribution is -0.149. The number of ether oxygens (including phenoxy) is 2. The summed E-state index contributed by atoms with van der Waals surface area (Å²) in [7, 11) is 0. The van der Waals surface area contributed by atoms with E-state index in [1.54, 1.807) is 12.1 Å². The highest BCUT2D eigenvalue weighted by atomic mass is 16.6. The Morgan fingerprint density at radius 1 is 1.00 bits per heavy atom. The molecule has 3 N–H and O–H groups in total. The van der Waals surface area contributed by atoms with Crippen molar-refractivity contribution in [3.8, 4) is 5.75 Å². The zero-order chi connectivity index (χ0) is 19.2. The fourth-order valence-electron chi connectivity index (χ4n) is 2.96. The summed E-state index contributed by atoms with van der Waals surface area (Å²) in [6.07, 6.45) is 3.23. The summed E-state index contributed by atoms with van der Waals surface area (Å²) in [5.74, 6) is -1.29. The molecule has 2 aromatic rings. The largest absolute Gasteiger partial charge is 0.482 e. The fraction of sp³-hybridized carbons (Fsp3) is 0.250. The summed E-state index contributed by atoms with van der Waals surface area (Å²) in [4.78, 5) is 35.0. The lowest BCUT2D eigenvalue weighted by atomic mass is 10.1. The van der Waals surface area contributed by atoms with E-state index in [0.29, 0.717) is 5.75 Å². The third-order valence-corrected chi connectivity index (χ3v) is 4.26. The molecule has 0 saturated heterocycles. The van der Waals surface area contributed by atoms with E-state index in [1.807, 2.05) is 18.2 Å². The third kappa shape index (κ3) is 4.84. The Bertz CT molecular complexity index is 878. The molecule has 0 aromatic heterocycles. The maximum atomic E-state index is 11.9. The minimum absolute atomic E-state index is 0.178. The van der Waals surface area contributed by atoms with Crippen molar-refractivity contribution in [3.63, 3.8) is 0 Å². The molecule has 7 nitrogen and oxygen atoms in total. The van der Waals surface area contributed by atoms with Gasteiger partial charge in [-0.25, -0.2) is 4.79 Å². The molecule has 1 aliphatic rings. The van der Waals surface area contributed by atoms with Crippen LogP contribution in [0.5, 0.6) is 5.75 Å². The first kappa shape index (κ1) is 18.4. The number of anilines is 1. The van der Waals surface area contributed by atoms with Crippen molar-refractivity contribution in [3.05, 3.63) is 59.2 Å². The second kappa shape index (κ2) is 8.35. The number of nitrogens with two attached hydrogens (primary N) is 1. The number of fused-ring (bicyclic) bond motifs is 1. The number of hydrogen-bond acceptors (Lipinski definition) is 5. The molecular weight excluding hydrogens is 348 g/mol. The fourth-order valence-corrected chi connectivity index (χ4v) is 2.96. The van der Waals surface area contributed by atoms with E-state index in [9.17, 15) is 14.4 Å². The second-order valence-electron chi connectivity index (χ2n) is 6.19. The SMILES string of the molecule is NC(=O)c1ccccc1NC(=O)COC(=O)COc1ccc2c(c1)CCC2. The van der Waals surface area contributed by atoms with Crippen LogP contribution in [0.25, 0.3) is 0 Å². The molecule has 2 amide bonds. The Balaban J connectivity index is 1.45. The van der Waals surface area contributed by atoms with Crippen molar-refractivity contribution in [2.24, 2.45) is 5.73 Å². The molecular formula is C20H20N2O5. The molecule has 0 unspecified atom stereocenters. The number of amides is 2. The zero-order valence-corrected chi connectivity index (χ0v) is 14.7. The normalized spacial score (nSPS) is 12.1. The van der Waals surface area contributed by atoms with Crippen LogP contribution in [-0.4, -0.2) is 31.0 Å². The zero-order valence-electron chi connectivity index (χ0n) is 14.7. The topological polar surface area (TPSA) is 108 Å². The number of benzene rings is 2. The van der Waals surface area contributed by atoms with Crippen LogP contribution < -0.4 is 15.8 Å². The van der Waals surface area contributed by atoms with Crippen molar-refractivity contribution in [2.75, 3.05) is 18.5 Å². The highest BCUT2D eigenvalue weighted by molar-refractivity contribution is 6.03. The number of hydrogen-bond donors (Lipinski definition) is 2. The number of esters is 1. The van der Waals surface area contributed by atoms with Gasteiger partial charge >= 0.3 is 5.97 Å². The van der Waals surface area contributed by atoms with Crippen LogP contribution in [0.4, 0.5) is 5.69 Å². The molecule has 0 fully saturated rings. The minimum Gasteiger partial charge on any atom is -0.482 e. The van der Waals surface area contributed by atoms with Gasteiger partial charge in [0.1, 0.15) is 5.75 Å². The average molecular weight is 368 g/mol. The van der Waals surface area contributed by atoms with Gasteiger partial charge in [-0.1, -0.05) is 18.2 Å². The van der Waals surface area contributed by atoms with Gasteiger partial charge in [-0.15, -0.1) is 0 Å². The Hall–Kier alpha value is -3.35. The van der Waals surface area contributed by atoms with Gasteiger partial charge in [-0.05, 0) is 54.7 Å². The van der Waals surface area contributed by atoms with Gasteiger partial charge in [0, 0.05) is 0 Å². The van der Waals surface area contributed by atoms with E-state index >= 15 is 0 Å². The molecule has 0 aliphatic heterocycles. The first-order chi connectivity index (χ1) is 13.0. The Labute approximate surface area is 156 Å². The summed E-state index contributed by atoms with van der Waals surface area (Å²) >= 11 is 0. The van der Waals surface area contributed by atoms with Gasteiger partial charge in [-0.3, -0.25) is 9.59 Å². The molecule has 0 spiro atoms. The van der Waals surface area contributed by atoms with E-state index in [-0.39, 0.29) is 17.9 Å². The molecule has 27 heavy (non-hydrogen) atoms. The molecule has 0 atom stereocenters. The third-order valence-electron chi connectivity index (χ3n) is 4.26. The molecule has 0 bridgehead atoms. The first-order valence-corrected chi connectivity index (χ1v) is 8.62. The summed E-state index contributed by atoms with van der Waals surface area (Å²) in [6, 6.07) is 12.1. The number of rotatable bonds is 7. The van der Waals surface area contributed by atoms with Crippen LogP contribution in [-0.2, 0) is 27.2 Å². The Morgan fingerprint density at radius 3 is 2.59 bits per heavy atom. The van der Waals surface area contributed by atoms with Gasteiger partial charge in [0.25, 0.3) is 11.8 Å². The van der Waals surface area contributed by atoms with E-state index in [4.69, 9.17) is 15.2 Å². The molecule has 7 heteroatoms. The number of para-hydroxylation sites is 1. The average Bonchev–Trinajstić information content (AvgIpc) is 3.12. The number of carbonyl (C=O) groups is 3. The maximum Gasteiger partial charge on any atom is 0.344 e. The molecule has 1 aliphatic carbocycles. The number of carbonyl (C=O) groups excluding carboxylic acids is 3. The van der Waals surface area contributed by atoms with Crippen molar-refractivity contribution in [1.29, 1.82) is 0 Å². The summed E-state index contributed by atoms with van der Waals surface area (Å²) in [6.45, 7) is -0.774. The van der Waals surface area contributed by atoms with Gasteiger partial charge < -0.3 is 20.5 Å². The predicted octanol–water partition coefficient (Wildman–Crippen LogP) is 1.83. The van der Waals surface area contributed by atoms with Crippen molar-refractivity contribution in [2.45, 2.75) is 19.3 Å². The molecule has 2 aromatic carbocycles. The molecule has 0 heterocycles. The standard InChI is InChI=1S/C20H20N2O5/c21-20(25)16-6-1-2-7-17(16)22-18(23)11-27-19(24)12-26-15-9-8-13-4-3-5-14(13)10-15/h1-2,6-10H,3-5,11-12H2,(H2,21,25)(H,22,23). The number of nitrogens with one attached hydrogen (secondary N) is 1. The van der Waals surface area contributed by atoms with Crippen LogP contribution in [0, 0.1) is 0 Å². The van der Waals surface area contributed by atoms with Crippen LogP contribution in [0.3, 0.4) is 0 Å². The summed E-state index contributed by atoms with van der Waals surface area (Å²) in [5.41, 5.74) is 8.25. The summed E-state index contributed by atoms with van der Waals surface area (Å²) < 4.78 is 10.3. The van der Waals surface area contributed by atoms with Crippen LogP contribution in [0.1, 0.15) is 27.9 Å².